The van der Waals surface area contributed by atoms with Crippen molar-refractivity contribution in [3.63, 3.8) is 0 Å². The molecule has 0 atom stereocenters. The molecular weight excluding hydrogens is 219 g/mol. The minimum Gasteiger partial charge on any atom is -0.399 e. The quantitative estimate of drug-likeness (QED) is 0.694. The van der Waals surface area contributed by atoms with Crippen molar-refractivity contribution < 1.29 is 4.39 Å². The van der Waals surface area contributed by atoms with Crippen LogP contribution in [0.25, 0.3) is 17.0 Å². The fraction of sp³-hybridized carbons (Fsp3) is 0. The van der Waals surface area contributed by atoms with Crippen LogP contribution in [-0.4, -0.2) is 14.6 Å². The van der Waals surface area contributed by atoms with Gasteiger partial charge in [-0.05, 0) is 30.3 Å². The third-order valence-corrected chi connectivity index (χ3v) is 2.46. The molecule has 2 N–H and O–H groups in total. The van der Waals surface area contributed by atoms with E-state index in [2.05, 4.69) is 10.1 Å². The number of fused-ring (bicyclic) bond motifs is 1. The molecule has 0 bridgehead atoms. The van der Waals surface area contributed by atoms with Gasteiger partial charge >= 0.3 is 0 Å². The Balaban J connectivity index is 2.14. The minimum atomic E-state index is -0.276. The van der Waals surface area contributed by atoms with Gasteiger partial charge in [-0.3, -0.25) is 0 Å². The zero-order chi connectivity index (χ0) is 11.8. The third kappa shape index (κ3) is 1.71. The van der Waals surface area contributed by atoms with Crippen molar-refractivity contribution >= 4 is 11.3 Å². The van der Waals surface area contributed by atoms with Crippen molar-refractivity contribution in [3.8, 4) is 11.4 Å². The smallest absolute Gasteiger partial charge is 0.182 e. The van der Waals surface area contributed by atoms with Crippen molar-refractivity contribution in [2.24, 2.45) is 0 Å². The molecule has 3 aromatic rings. The number of anilines is 1. The summed E-state index contributed by atoms with van der Waals surface area (Å²) in [6.45, 7) is 0. The van der Waals surface area contributed by atoms with Crippen LogP contribution < -0.4 is 5.73 Å². The van der Waals surface area contributed by atoms with Crippen molar-refractivity contribution in [1.82, 2.24) is 14.6 Å². The van der Waals surface area contributed by atoms with Crippen LogP contribution in [0, 0.1) is 5.82 Å². The number of nitrogens with zero attached hydrogens (tertiary/aromatic N) is 3. The molecule has 2 heterocycles. The molecule has 1 aromatic carbocycles. The summed E-state index contributed by atoms with van der Waals surface area (Å²) in [5, 5.41) is 4.28. The predicted molar refractivity (Wildman–Crippen MR) is 62.8 cm³/mol. The average Bonchev–Trinajstić information content (AvgIpc) is 2.72. The first-order valence-corrected chi connectivity index (χ1v) is 5.10. The molecule has 0 saturated heterocycles. The highest BCUT2D eigenvalue weighted by molar-refractivity contribution is 5.60. The van der Waals surface area contributed by atoms with Crippen molar-refractivity contribution in [1.29, 1.82) is 0 Å². The van der Waals surface area contributed by atoms with Gasteiger partial charge in [-0.2, -0.15) is 0 Å². The van der Waals surface area contributed by atoms with E-state index in [1.807, 2.05) is 0 Å². The maximum atomic E-state index is 12.8. The largest absolute Gasteiger partial charge is 0.399 e. The zero-order valence-electron chi connectivity index (χ0n) is 8.84. The normalized spacial score (nSPS) is 10.9. The Hall–Kier alpha value is -2.43. The lowest BCUT2D eigenvalue weighted by atomic mass is 10.2. The van der Waals surface area contributed by atoms with Crippen LogP contribution in [0.2, 0.25) is 0 Å². The molecule has 3 rings (SSSR count). The molecule has 0 saturated carbocycles. The minimum absolute atomic E-state index is 0.276. The maximum Gasteiger partial charge on any atom is 0.182 e. The first-order chi connectivity index (χ1) is 8.22. The van der Waals surface area contributed by atoms with Gasteiger partial charge in [0.15, 0.2) is 11.5 Å². The molecule has 5 heteroatoms. The SMILES string of the molecule is Nc1ccn2nc(-c3ccc(F)cc3)nc2c1. The summed E-state index contributed by atoms with van der Waals surface area (Å²) in [6, 6.07) is 9.54. The number of rotatable bonds is 1. The van der Waals surface area contributed by atoms with Crippen LogP contribution in [0.5, 0.6) is 0 Å². The van der Waals surface area contributed by atoms with E-state index in [-0.39, 0.29) is 5.82 Å². The van der Waals surface area contributed by atoms with Crippen molar-refractivity contribution in [2.45, 2.75) is 0 Å². The summed E-state index contributed by atoms with van der Waals surface area (Å²) < 4.78 is 14.4. The lowest BCUT2D eigenvalue weighted by molar-refractivity contribution is 0.628. The number of nitrogens with two attached hydrogens (primary N) is 1. The Labute approximate surface area is 96.5 Å². The zero-order valence-corrected chi connectivity index (χ0v) is 8.84. The molecule has 0 radical (unpaired) electrons. The molecule has 0 aliphatic rings. The number of hydrogen-bond acceptors (Lipinski definition) is 3. The van der Waals surface area contributed by atoms with E-state index >= 15 is 0 Å². The topological polar surface area (TPSA) is 56.2 Å². The van der Waals surface area contributed by atoms with Crippen molar-refractivity contribution in [2.75, 3.05) is 5.73 Å². The second-order valence-electron chi connectivity index (χ2n) is 3.71. The highest BCUT2D eigenvalue weighted by Crippen LogP contribution is 2.17. The second-order valence-corrected chi connectivity index (χ2v) is 3.71. The number of hydrogen-bond donors (Lipinski definition) is 1. The van der Waals surface area contributed by atoms with Gasteiger partial charge in [-0.15, -0.1) is 5.10 Å². The number of pyridine rings is 1. The van der Waals surface area contributed by atoms with Gasteiger partial charge in [0, 0.05) is 23.5 Å². The summed E-state index contributed by atoms with van der Waals surface area (Å²) in [7, 11) is 0. The predicted octanol–water partition coefficient (Wildman–Crippen LogP) is 2.12. The van der Waals surface area contributed by atoms with E-state index in [9.17, 15) is 4.39 Å². The molecule has 84 valence electrons. The highest BCUT2D eigenvalue weighted by Gasteiger charge is 2.06. The summed E-state index contributed by atoms with van der Waals surface area (Å²) in [4.78, 5) is 4.32. The van der Waals surface area contributed by atoms with E-state index in [4.69, 9.17) is 5.73 Å². The van der Waals surface area contributed by atoms with E-state index in [1.54, 1.807) is 35.0 Å². The van der Waals surface area contributed by atoms with Crippen LogP contribution >= 0.6 is 0 Å². The molecule has 0 fully saturated rings. The molecular formula is C12H9FN4. The molecule has 0 amide bonds. The summed E-state index contributed by atoms with van der Waals surface area (Å²) >= 11 is 0. The number of halogens is 1. The monoisotopic (exact) mass is 228 g/mol. The third-order valence-electron chi connectivity index (χ3n) is 2.46. The lowest BCUT2D eigenvalue weighted by Gasteiger charge is -1.93. The molecule has 17 heavy (non-hydrogen) atoms. The van der Waals surface area contributed by atoms with Gasteiger partial charge in [0.2, 0.25) is 0 Å². The van der Waals surface area contributed by atoms with Crippen LogP contribution in [0.3, 0.4) is 0 Å². The number of aromatic nitrogens is 3. The molecule has 0 unspecified atom stereocenters. The molecule has 4 nitrogen and oxygen atoms in total. The Bertz CT molecular complexity index is 673. The first-order valence-electron chi connectivity index (χ1n) is 5.10. The fourth-order valence-corrected chi connectivity index (χ4v) is 1.62. The molecule has 0 aliphatic carbocycles. The molecule has 0 aliphatic heterocycles. The van der Waals surface area contributed by atoms with Gasteiger partial charge in [-0.25, -0.2) is 13.9 Å². The Morgan fingerprint density at radius 3 is 2.65 bits per heavy atom. The maximum absolute atomic E-state index is 12.8. The van der Waals surface area contributed by atoms with Crippen molar-refractivity contribution in [3.05, 3.63) is 48.4 Å². The second kappa shape index (κ2) is 3.55. The van der Waals surface area contributed by atoms with Crippen LogP contribution in [-0.2, 0) is 0 Å². The van der Waals surface area contributed by atoms with E-state index in [1.165, 1.54) is 12.1 Å². The van der Waals surface area contributed by atoms with Crippen LogP contribution in [0.1, 0.15) is 0 Å². The highest BCUT2D eigenvalue weighted by atomic mass is 19.1. The van der Waals surface area contributed by atoms with Gasteiger partial charge in [0.05, 0.1) is 0 Å². The van der Waals surface area contributed by atoms with Crippen LogP contribution in [0.4, 0.5) is 10.1 Å². The Kier molecular flexibility index (Phi) is 2.04. The van der Waals surface area contributed by atoms with Crippen LogP contribution in [0.15, 0.2) is 42.6 Å². The van der Waals surface area contributed by atoms with E-state index in [0.717, 1.165) is 5.56 Å². The lowest BCUT2D eigenvalue weighted by Crippen LogP contribution is -1.89. The first kappa shape index (κ1) is 9.77. The molecule has 2 aromatic heterocycles. The summed E-state index contributed by atoms with van der Waals surface area (Å²) in [5.74, 6) is 0.275. The van der Waals surface area contributed by atoms with Gasteiger partial charge < -0.3 is 5.73 Å². The Morgan fingerprint density at radius 2 is 1.88 bits per heavy atom. The number of nitrogen functional groups attached to an aromatic ring is 1. The standard InChI is InChI=1S/C12H9FN4/c13-9-3-1-8(2-4-9)12-15-11-7-10(14)5-6-17(11)16-12/h1-7H,14H2. The van der Waals surface area contributed by atoms with E-state index in [0.29, 0.717) is 17.2 Å². The average molecular weight is 228 g/mol. The molecule has 0 spiro atoms. The Morgan fingerprint density at radius 1 is 1.12 bits per heavy atom. The fourth-order valence-electron chi connectivity index (χ4n) is 1.62. The van der Waals surface area contributed by atoms with E-state index < -0.39 is 0 Å². The number of benzene rings is 1. The summed E-state index contributed by atoms with van der Waals surface area (Å²) in [6.07, 6.45) is 1.74. The van der Waals surface area contributed by atoms with Gasteiger partial charge in [0.25, 0.3) is 0 Å². The summed E-state index contributed by atoms with van der Waals surface area (Å²) in [5.41, 5.74) is 7.74. The van der Waals surface area contributed by atoms with Gasteiger partial charge in [-0.1, -0.05) is 0 Å². The van der Waals surface area contributed by atoms with Gasteiger partial charge in [0.1, 0.15) is 5.82 Å².